The van der Waals surface area contributed by atoms with Crippen molar-refractivity contribution < 1.29 is 5.11 Å². The number of rotatable bonds is 3. The van der Waals surface area contributed by atoms with E-state index in [1.54, 1.807) is 11.3 Å². The van der Waals surface area contributed by atoms with E-state index < -0.39 is 11.5 Å². The third-order valence-electron chi connectivity index (χ3n) is 4.47. The molecule has 1 aliphatic carbocycles. The van der Waals surface area contributed by atoms with Crippen LogP contribution in [0.3, 0.4) is 0 Å². The van der Waals surface area contributed by atoms with Crippen molar-refractivity contribution in [2.45, 2.75) is 45.6 Å². The first-order valence-electron chi connectivity index (χ1n) is 6.70. The molecule has 2 rings (SSSR count). The zero-order valence-electron chi connectivity index (χ0n) is 11.1. The fourth-order valence-electron chi connectivity index (χ4n) is 3.02. The average molecular weight is 263 g/mol. The van der Waals surface area contributed by atoms with E-state index in [0.29, 0.717) is 11.8 Å². The van der Waals surface area contributed by atoms with Gasteiger partial charge in [-0.25, -0.2) is 0 Å². The highest BCUT2D eigenvalue weighted by molar-refractivity contribution is 7.07. The van der Waals surface area contributed by atoms with Crippen LogP contribution in [0, 0.1) is 28.6 Å². The molecule has 1 aromatic heterocycles. The first kappa shape index (κ1) is 13.6. The van der Waals surface area contributed by atoms with Crippen molar-refractivity contribution >= 4 is 11.3 Å². The molecular weight excluding hydrogens is 242 g/mol. The van der Waals surface area contributed by atoms with E-state index in [0.717, 1.165) is 31.2 Å². The van der Waals surface area contributed by atoms with E-state index in [4.69, 9.17) is 0 Å². The Kier molecular flexibility index (Phi) is 4.09. The van der Waals surface area contributed by atoms with Gasteiger partial charge in [-0.15, -0.1) is 0 Å². The summed E-state index contributed by atoms with van der Waals surface area (Å²) >= 11 is 1.58. The van der Waals surface area contributed by atoms with Gasteiger partial charge in [0.2, 0.25) is 0 Å². The van der Waals surface area contributed by atoms with Crippen LogP contribution in [-0.4, -0.2) is 5.11 Å². The maximum atomic E-state index is 10.5. The summed E-state index contributed by atoms with van der Waals surface area (Å²) in [5, 5.41) is 23.9. The zero-order chi connectivity index (χ0) is 13.2. The fourth-order valence-corrected chi connectivity index (χ4v) is 3.70. The van der Waals surface area contributed by atoms with E-state index in [2.05, 4.69) is 19.9 Å². The first-order valence-corrected chi connectivity index (χ1v) is 7.65. The minimum absolute atomic E-state index is 0.563. The van der Waals surface area contributed by atoms with Gasteiger partial charge >= 0.3 is 0 Å². The summed E-state index contributed by atoms with van der Waals surface area (Å²) in [6.07, 6.45) is 3.15. The zero-order valence-corrected chi connectivity index (χ0v) is 11.9. The van der Waals surface area contributed by atoms with Gasteiger partial charge in [0.1, 0.15) is 0 Å². The van der Waals surface area contributed by atoms with Crippen LogP contribution in [0.2, 0.25) is 0 Å². The number of thiophene rings is 1. The van der Waals surface area contributed by atoms with Gasteiger partial charge in [0, 0.05) is 0 Å². The van der Waals surface area contributed by atoms with Gasteiger partial charge in [0.05, 0.1) is 17.6 Å². The Morgan fingerprint density at radius 1 is 1.44 bits per heavy atom. The molecule has 0 amide bonds. The third-order valence-corrected chi connectivity index (χ3v) is 5.17. The van der Waals surface area contributed by atoms with E-state index in [9.17, 15) is 10.4 Å². The van der Waals surface area contributed by atoms with Gasteiger partial charge in [0.15, 0.2) is 0 Å². The molecule has 0 aromatic carbocycles. The van der Waals surface area contributed by atoms with Crippen molar-refractivity contribution in [1.29, 1.82) is 5.26 Å². The van der Waals surface area contributed by atoms with Gasteiger partial charge in [-0.3, -0.25) is 0 Å². The normalized spacial score (nSPS) is 30.1. The maximum absolute atomic E-state index is 10.5. The number of nitriles is 1. The van der Waals surface area contributed by atoms with Gasteiger partial charge in [-0.05, 0) is 59.9 Å². The predicted molar refractivity (Wildman–Crippen MR) is 74.1 cm³/mol. The summed E-state index contributed by atoms with van der Waals surface area (Å²) in [4.78, 5) is 0. The molecule has 18 heavy (non-hydrogen) atoms. The van der Waals surface area contributed by atoms with Crippen LogP contribution in [0.5, 0.6) is 0 Å². The van der Waals surface area contributed by atoms with Crippen LogP contribution in [0.25, 0.3) is 0 Å². The summed E-state index contributed by atoms with van der Waals surface area (Å²) in [6.45, 7) is 4.50. The molecule has 1 aromatic rings. The Balaban J connectivity index is 2.12. The molecular formula is C15H21NOS. The lowest BCUT2D eigenvalue weighted by Crippen LogP contribution is -2.33. The molecule has 0 spiro atoms. The molecule has 1 saturated carbocycles. The summed E-state index contributed by atoms with van der Waals surface area (Å²) in [7, 11) is 0. The molecule has 0 saturated heterocycles. The van der Waals surface area contributed by atoms with E-state index in [1.165, 1.54) is 0 Å². The molecule has 0 aliphatic heterocycles. The Bertz CT molecular complexity index is 410. The van der Waals surface area contributed by atoms with Crippen LogP contribution in [0.4, 0.5) is 0 Å². The highest BCUT2D eigenvalue weighted by Crippen LogP contribution is 2.48. The molecule has 1 N–H and O–H groups in total. The molecule has 1 atom stereocenters. The van der Waals surface area contributed by atoms with Crippen molar-refractivity contribution in [2.75, 3.05) is 0 Å². The van der Waals surface area contributed by atoms with Crippen LogP contribution in [0.15, 0.2) is 16.8 Å². The second-order valence-electron chi connectivity index (χ2n) is 5.81. The van der Waals surface area contributed by atoms with Crippen LogP contribution in [-0.2, 0) is 0 Å². The van der Waals surface area contributed by atoms with Crippen LogP contribution >= 0.6 is 11.3 Å². The van der Waals surface area contributed by atoms with Gasteiger partial charge in [0.25, 0.3) is 0 Å². The lowest BCUT2D eigenvalue weighted by molar-refractivity contribution is 0.0193. The van der Waals surface area contributed by atoms with E-state index in [-0.39, 0.29) is 0 Å². The van der Waals surface area contributed by atoms with Crippen molar-refractivity contribution in [1.82, 2.24) is 0 Å². The number of nitrogens with zero attached hydrogens (tertiary/aromatic N) is 1. The predicted octanol–water partition coefficient (Wildman–Crippen LogP) is 4.14. The Morgan fingerprint density at radius 3 is 2.56 bits per heavy atom. The van der Waals surface area contributed by atoms with Crippen LogP contribution < -0.4 is 0 Å². The molecule has 1 heterocycles. The Morgan fingerprint density at radius 2 is 2.11 bits per heavy atom. The largest absolute Gasteiger partial charge is 0.387 e. The average Bonchev–Trinajstić information content (AvgIpc) is 2.91. The Labute approximate surface area is 113 Å². The second kappa shape index (κ2) is 5.42. The minimum Gasteiger partial charge on any atom is -0.387 e. The third kappa shape index (κ3) is 2.46. The quantitative estimate of drug-likeness (QED) is 0.890. The molecule has 1 unspecified atom stereocenters. The smallest absolute Gasteiger partial charge is 0.0984 e. The molecule has 2 nitrogen and oxygen atoms in total. The fraction of sp³-hybridized carbons (Fsp3) is 0.667. The molecule has 1 aliphatic rings. The number of hydrogen-bond acceptors (Lipinski definition) is 3. The van der Waals surface area contributed by atoms with Gasteiger partial charge in [-0.2, -0.15) is 16.6 Å². The van der Waals surface area contributed by atoms with Crippen molar-refractivity contribution in [2.24, 2.45) is 17.3 Å². The summed E-state index contributed by atoms with van der Waals surface area (Å²) in [5.74, 6) is 1.39. The van der Waals surface area contributed by atoms with Gasteiger partial charge < -0.3 is 5.11 Å². The van der Waals surface area contributed by atoms with Crippen molar-refractivity contribution in [3.05, 3.63) is 22.4 Å². The molecule has 0 radical (unpaired) electrons. The van der Waals surface area contributed by atoms with Crippen molar-refractivity contribution in [3.63, 3.8) is 0 Å². The lowest BCUT2D eigenvalue weighted by Gasteiger charge is -2.39. The van der Waals surface area contributed by atoms with E-state index in [1.807, 2.05) is 16.8 Å². The molecule has 1 fully saturated rings. The lowest BCUT2D eigenvalue weighted by atomic mass is 9.65. The molecule has 98 valence electrons. The summed E-state index contributed by atoms with van der Waals surface area (Å²) in [5.41, 5.74) is 0.344. The topological polar surface area (TPSA) is 44.0 Å². The molecule has 3 heteroatoms. The second-order valence-corrected chi connectivity index (χ2v) is 6.59. The monoisotopic (exact) mass is 263 g/mol. The highest BCUT2D eigenvalue weighted by Gasteiger charge is 2.42. The standard InChI is InChI=1S/C15H21NOS/c1-11(2)12-3-6-15(10-16,7-4-12)14(17)13-5-8-18-9-13/h5,8-9,11-12,14,17H,3-4,6-7H2,1-2H3. The van der Waals surface area contributed by atoms with Gasteiger partial charge in [-0.1, -0.05) is 13.8 Å². The van der Waals surface area contributed by atoms with E-state index >= 15 is 0 Å². The molecule has 0 bridgehead atoms. The van der Waals surface area contributed by atoms with Crippen LogP contribution in [0.1, 0.15) is 51.2 Å². The minimum atomic E-state index is -0.623. The van der Waals surface area contributed by atoms with Crippen molar-refractivity contribution in [3.8, 4) is 6.07 Å². The summed E-state index contributed by atoms with van der Waals surface area (Å²) < 4.78 is 0. The highest BCUT2D eigenvalue weighted by atomic mass is 32.1. The Hall–Kier alpha value is -0.850. The maximum Gasteiger partial charge on any atom is 0.0984 e. The SMILES string of the molecule is CC(C)C1CCC(C#N)(C(O)c2ccsc2)CC1. The number of aliphatic hydroxyl groups is 1. The summed E-state index contributed by atoms with van der Waals surface area (Å²) in [6, 6.07) is 4.35. The first-order chi connectivity index (χ1) is 8.59. The number of hydrogen-bond donors (Lipinski definition) is 1. The number of aliphatic hydroxyl groups excluding tert-OH is 1.